The third-order valence-electron chi connectivity index (χ3n) is 2.69. The minimum absolute atomic E-state index is 0.281. The summed E-state index contributed by atoms with van der Waals surface area (Å²) in [6.07, 6.45) is 0.529. The van der Waals surface area contributed by atoms with E-state index in [4.69, 9.17) is 42.9 Å². The van der Waals surface area contributed by atoms with Gasteiger partial charge in [0.25, 0.3) is 5.89 Å². The fraction of sp³-hybridized carbons (Fsp3) is 0.385. The van der Waals surface area contributed by atoms with Gasteiger partial charge in [0, 0.05) is 18.6 Å². The summed E-state index contributed by atoms with van der Waals surface area (Å²) in [6.45, 7) is 1.56. The maximum Gasteiger partial charge on any atom is 0.260 e. The number of aromatic nitrogens is 2. The van der Waals surface area contributed by atoms with Crippen molar-refractivity contribution in [3.63, 3.8) is 0 Å². The fourth-order valence-electron chi connectivity index (χ4n) is 1.63. The van der Waals surface area contributed by atoms with Crippen LogP contribution in [0.2, 0.25) is 10.0 Å². The lowest BCUT2D eigenvalue weighted by atomic mass is 10.2. The molecule has 0 saturated heterocycles. The molecule has 2 rings (SSSR count). The number of halogens is 2. The quantitative estimate of drug-likeness (QED) is 0.620. The maximum atomic E-state index is 5.98. The molecule has 0 aliphatic heterocycles. The van der Waals surface area contributed by atoms with Gasteiger partial charge in [-0.1, -0.05) is 28.4 Å². The predicted molar refractivity (Wildman–Crippen MR) is 80.6 cm³/mol. The van der Waals surface area contributed by atoms with Crippen molar-refractivity contribution in [2.45, 2.75) is 6.42 Å². The van der Waals surface area contributed by atoms with Crippen LogP contribution < -0.4 is 5.73 Å². The first-order valence-corrected chi connectivity index (χ1v) is 7.01. The Morgan fingerprint density at radius 1 is 1.24 bits per heavy atom. The molecule has 0 amide bonds. The SMILES string of the molecule is COCCOCCc1noc(-c2cc(Cl)cc(Cl)c2N)n1. The third kappa shape index (κ3) is 4.31. The minimum atomic E-state index is 0.281. The molecule has 0 aliphatic carbocycles. The molecule has 0 fully saturated rings. The van der Waals surface area contributed by atoms with Crippen molar-refractivity contribution in [1.29, 1.82) is 0 Å². The third-order valence-corrected chi connectivity index (χ3v) is 3.23. The van der Waals surface area contributed by atoms with Crippen LogP contribution in [0.5, 0.6) is 0 Å². The van der Waals surface area contributed by atoms with Gasteiger partial charge < -0.3 is 19.7 Å². The Morgan fingerprint density at radius 3 is 2.81 bits per heavy atom. The standard InChI is InChI=1S/C13H15Cl2N3O3/c1-19-4-5-20-3-2-11-17-13(21-18-11)9-6-8(14)7-10(15)12(9)16/h6-7H,2-5,16H2,1H3. The molecular weight excluding hydrogens is 317 g/mol. The maximum absolute atomic E-state index is 5.98. The zero-order chi connectivity index (χ0) is 15.2. The summed E-state index contributed by atoms with van der Waals surface area (Å²) in [7, 11) is 1.62. The molecule has 1 aromatic heterocycles. The van der Waals surface area contributed by atoms with Gasteiger partial charge in [-0.05, 0) is 12.1 Å². The van der Waals surface area contributed by atoms with E-state index in [1.54, 1.807) is 19.2 Å². The summed E-state index contributed by atoms with van der Waals surface area (Å²) >= 11 is 11.9. The minimum Gasteiger partial charge on any atom is -0.397 e. The molecule has 0 radical (unpaired) electrons. The van der Waals surface area contributed by atoms with Crippen molar-refractivity contribution in [2.24, 2.45) is 0 Å². The summed E-state index contributed by atoms with van der Waals surface area (Å²) in [5.74, 6) is 0.807. The summed E-state index contributed by atoms with van der Waals surface area (Å²) in [4.78, 5) is 4.26. The lowest BCUT2D eigenvalue weighted by Gasteiger charge is -2.03. The van der Waals surface area contributed by atoms with E-state index < -0.39 is 0 Å². The van der Waals surface area contributed by atoms with E-state index in [1.165, 1.54) is 0 Å². The Hall–Kier alpha value is -1.34. The van der Waals surface area contributed by atoms with E-state index in [1.807, 2.05) is 0 Å². The summed E-state index contributed by atoms with van der Waals surface area (Å²) in [6, 6.07) is 3.19. The highest BCUT2D eigenvalue weighted by Crippen LogP contribution is 2.33. The number of ether oxygens (including phenoxy) is 2. The van der Waals surface area contributed by atoms with E-state index in [-0.39, 0.29) is 5.89 Å². The molecule has 0 unspecified atom stereocenters. The van der Waals surface area contributed by atoms with E-state index >= 15 is 0 Å². The van der Waals surface area contributed by atoms with Crippen molar-refractivity contribution >= 4 is 28.9 Å². The number of methoxy groups -OCH3 is 1. The van der Waals surface area contributed by atoms with E-state index in [0.717, 1.165) is 0 Å². The van der Waals surface area contributed by atoms with E-state index in [2.05, 4.69) is 10.1 Å². The first-order valence-electron chi connectivity index (χ1n) is 6.26. The molecule has 0 atom stereocenters. The summed E-state index contributed by atoms with van der Waals surface area (Å²) in [5, 5.41) is 4.67. The molecule has 6 nitrogen and oxygen atoms in total. The number of nitrogen functional groups attached to an aromatic ring is 1. The second kappa shape index (κ2) is 7.61. The van der Waals surface area contributed by atoms with E-state index in [0.29, 0.717) is 53.4 Å². The number of hydrogen-bond donors (Lipinski definition) is 1. The van der Waals surface area contributed by atoms with Crippen LogP contribution in [-0.4, -0.2) is 37.1 Å². The molecule has 1 heterocycles. The van der Waals surface area contributed by atoms with Crippen LogP contribution >= 0.6 is 23.2 Å². The van der Waals surface area contributed by atoms with Gasteiger partial charge in [0.05, 0.1) is 36.1 Å². The molecule has 0 aliphatic rings. The Labute approximate surface area is 132 Å². The summed E-state index contributed by atoms with van der Waals surface area (Å²) < 4.78 is 15.4. The lowest BCUT2D eigenvalue weighted by molar-refractivity contribution is 0.0714. The number of nitrogens with two attached hydrogens (primary N) is 1. The van der Waals surface area contributed by atoms with Crippen molar-refractivity contribution in [1.82, 2.24) is 10.1 Å². The number of nitrogens with zero attached hydrogens (tertiary/aromatic N) is 2. The van der Waals surface area contributed by atoms with Gasteiger partial charge in [0.1, 0.15) is 0 Å². The zero-order valence-corrected chi connectivity index (χ0v) is 12.9. The second-order valence-corrected chi connectivity index (χ2v) is 5.06. The molecule has 21 heavy (non-hydrogen) atoms. The molecule has 8 heteroatoms. The van der Waals surface area contributed by atoms with Crippen LogP contribution in [0, 0.1) is 0 Å². The number of rotatable bonds is 7. The molecule has 114 valence electrons. The van der Waals surface area contributed by atoms with Crippen LogP contribution in [-0.2, 0) is 15.9 Å². The first-order chi connectivity index (χ1) is 10.1. The summed E-state index contributed by atoms with van der Waals surface area (Å²) in [5.41, 5.74) is 6.77. The van der Waals surface area contributed by atoms with Crippen LogP contribution in [0.1, 0.15) is 5.82 Å². The highest BCUT2D eigenvalue weighted by molar-refractivity contribution is 6.37. The van der Waals surface area contributed by atoms with Gasteiger partial charge in [-0.15, -0.1) is 0 Å². The largest absolute Gasteiger partial charge is 0.397 e. The van der Waals surface area contributed by atoms with Gasteiger partial charge in [-0.25, -0.2) is 0 Å². The molecule has 0 saturated carbocycles. The Morgan fingerprint density at radius 2 is 2.05 bits per heavy atom. The van der Waals surface area contributed by atoms with Gasteiger partial charge >= 0.3 is 0 Å². The van der Waals surface area contributed by atoms with Crippen molar-refractivity contribution in [2.75, 3.05) is 32.7 Å². The zero-order valence-electron chi connectivity index (χ0n) is 11.4. The van der Waals surface area contributed by atoms with Crippen LogP contribution in [0.25, 0.3) is 11.5 Å². The predicted octanol–water partition coefficient (Wildman–Crippen LogP) is 2.83. The molecule has 0 spiro atoms. The molecule has 0 bridgehead atoms. The Kier molecular flexibility index (Phi) is 5.81. The molecule has 1 aromatic carbocycles. The second-order valence-electron chi connectivity index (χ2n) is 4.22. The van der Waals surface area contributed by atoms with E-state index in [9.17, 15) is 0 Å². The van der Waals surface area contributed by atoms with Crippen molar-refractivity contribution in [3.05, 3.63) is 28.0 Å². The number of anilines is 1. The Bertz CT molecular complexity index is 604. The number of benzene rings is 1. The topological polar surface area (TPSA) is 83.4 Å². The monoisotopic (exact) mass is 331 g/mol. The van der Waals surface area contributed by atoms with Gasteiger partial charge in [0.2, 0.25) is 0 Å². The van der Waals surface area contributed by atoms with Gasteiger partial charge in [0.15, 0.2) is 5.82 Å². The highest BCUT2D eigenvalue weighted by atomic mass is 35.5. The highest BCUT2D eigenvalue weighted by Gasteiger charge is 2.15. The molecule has 2 N–H and O–H groups in total. The van der Waals surface area contributed by atoms with Gasteiger partial charge in [-0.2, -0.15) is 4.98 Å². The average Bonchev–Trinajstić information content (AvgIpc) is 2.91. The first kappa shape index (κ1) is 16.0. The Balaban J connectivity index is 2.03. The lowest BCUT2D eigenvalue weighted by Crippen LogP contribution is -2.05. The van der Waals surface area contributed by atoms with Crippen molar-refractivity contribution < 1.29 is 14.0 Å². The van der Waals surface area contributed by atoms with Crippen LogP contribution in [0.4, 0.5) is 5.69 Å². The van der Waals surface area contributed by atoms with Crippen LogP contribution in [0.3, 0.4) is 0 Å². The van der Waals surface area contributed by atoms with Crippen LogP contribution in [0.15, 0.2) is 16.7 Å². The fourth-order valence-corrected chi connectivity index (χ4v) is 2.13. The molecular formula is C13H15Cl2N3O3. The smallest absolute Gasteiger partial charge is 0.260 e. The van der Waals surface area contributed by atoms with Crippen molar-refractivity contribution in [3.8, 4) is 11.5 Å². The average molecular weight is 332 g/mol. The number of hydrogen-bond acceptors (Lipinski definition) is 6. The van der Waals surface area contributed by atoms with Gasteiger partial charge in [-0.3, -0.25) is 0 Å². The normalized spacial score (nSPS) is 11.0. The molecule has 2 aromatic rings.